The average molecular weight is 468 g/mol. The summed E-state index contributed by atoms with van der Waals surface area (Å²) in [5, 5.41) is 1.49. The van der Waals surface area contributed by atoms with Crippen molar-refractivity contribution >= 4 is 38.9 Å². The van der Waals surface area contributed by atoms with Crippen molar-refractivity contribution in [1.82, 2.24) is 14.5 Å². The van der Waals surface area contributed by atoms with Crippen LogP contribution >= 0.6 is 22.9 Å². The molecule has 5 nitrogen and oxygen atoms in total. The lowest BCUT2D eigenvalue weighted by Crippen LogP contribution is -2.27. The molecule has 0 fully saturated rings. The smallest absolute Gasteiger partial charge is 0.168 e. The van der Waals surface area contributed by atoms with Gasteiger partial charge in [0.15, 0.2) is 16.6 Å². The van der Waals surface area contributed by atoms with Crippen LogP contribution in [0, 0.1) is 6.92 Å². The summed E-state index contributed by atoms with van der Waals surface area (Å²) >= 11 is 7.75. The van der Waals surface area contributed by atoms with Crippen LogP contribution in [0.3, 0.4) is 0 Å². The molecule has 0 saturated carbocycles. The quantitative estimate of drug-likeness (QED) is 0.325. The summed E-state index contributed by atoms with van der Waals surface area (Å²) in [6, 6.07) is 9.73. The minimum absolute atomic E-state index is 0.0357. The predicted molar refractivity (Wildman–Crippen MR) is 131 cm³/mol. The molecule has 0 saturated heterocycles. The molecule has 2 aromatic heterocycles. The first kappa shape index (κ1) is 22.6. The Morgan fingerprint density at radius 3 is 2.47 bits per heavy atom. The van der Waals surface area contributed by atoms with Gasteiger partial charge in [-0.05, 0) is 63.9 Å². The van der Waals surface area contributed by atoms with Crippen LogP contribution in [0.5, 0.6) is 0 Å². The van der Waals surface area contributed by atoms with Gasteiger partial charge in [0.2, 0.25) is 0 Å². The number of Topliss-reactive ketones (excluding diaryl/α,β-unsaturated/α-hetero) is 1. The lowest BCUT2D eigenvalue weighted by molar-refractivity contribution is -0.138. The first-order valence-electron chi connectivity index (χ1n) is 10.4. The van der Waals surface area contributed by atoms with Crippen LogP contribution in [0.4, 0.5) is 0 Å². The number of hydrogen-bond acceptors (Lipinski definition) is 5. The summed E-state index contributed by atoms with van der Waals surface area (Å²) in [5.41, 5.74) is 4.15. The van der Waals surface area contributed by atoms with E-state index in [1.165, 1.54) is 0 Å². The van der Waals surface area contributed by atoms with E-state index in [0.29, 0.717) is 5.02 Å². The first-order valence-corrected chi connectivity index (χ1v) is 11.6. The van der Waals surface area contributed by atoms with Crippen LogP contribution in [0.15, 0.2) is 42.7 Å². The van der Waals surface area contributed by atoms with Crippen LogP contribution in [0.1, 0.15) is 44.9 Å². The number of carbonyl (C=O) groups is 1. The Morgan fingerprint density at radius 1 is 1.22 bits per heavy atom. The number of imidazole rings is 1. The molecule has 0 amide bonds. The van der Waals surface area contributed by atoms with E-state index in [-0.39, 0.29) is 5.78 Å². The molecule has 1 atom stereocenters. The Kier molecular flexibility index (Phi) is 5.96. The predicted octanol–water partition coefficient (Wildman–Crippen LogP) is 6.77. The molecule has 0 unspecified atom stereocenters. The van der Waals surface area contributed by atoms with Gasteiger partial charge in [0.25, 0.3) is 0 Å². The van der Waals surface area contributed by atoms with Crippen molar-refractivity contribution < 1.29 is 9.53 Å². The fraction of sp³-hybridized carbons (Fsp3) is 0.320. The molecule has 0 radical (unpaired) electrons. The Hall–Kier alpha value is -2.54. The molecule has 7 heteroatoms. The number of hydrogen-bond donors (Lipinski definition) is 0. The molecule has 0 aliphatic rings. The third-order valence-corrected chi connectivity index (χ3v) is 6.51. The van der Waals surface area contributed by atoms with Crippen molar-refractivity contribution in [1.29, 1.82) is 0 Å². The largest absolute Gasteiger partial charge is 0.360 e. The molecule has 32 heavy (non-hydrogen) atoms. The van der Waals surface area contributed by atoms with E-state index in [4.69, 9.17) is 21.3 Å². The number of carbonyl (C=O) groups excluding carboxylic acids is 1. The van der Waals surface area contributed by atoms with Gasteiger partial charge in [-0.3, -0.25) is 4.79 Å². The van der Waals surface area contributed by atoms with E-state index in [0.717, 1.165) is 43.3 Å². The third kappa shape index (κ3) is 4.35. The van der Waals surface area contributed by atoms with Crippen LogP contribution in [0.25, 0.3) is 32.2 Å². The van der Waals surface area contributed by atoms with Gasteiger partial charge in [-0.2, -0.15) is 0 Å². The van der Waals surface area contributed by atoms with Crippen molar-refractivity contribution in [3.63, 3.8) is 0 Å². The van der Waals surface area contributed by atoms with Gasteiger partial charge in [0.05, 0.1) is 15.8 Å². The topological polar surface area (TPSA) is 57.0 Å². The highest BCUT2D eigenvalue weighted by atomic mass is 35.5. The minimum atomic E-state index is -0.691. The van der Waals surface area contributed by atoms with Gasteiger partial charge in [-0.1, -0.05) is 23.7 Å². The summed E-state index contributed by atoms with van der Waals surface area (Å²) in [6.07, 6.45) is 2.98. The molecule has 166 valence electrons. The Morgan fingerprint density at radius 2 is 1.91 bits per heavy atom. The van der Waals surface area contributed by atoms with Crippen LogP contribution in [-0.4, -0.2) is 25.9 Å². The number of ketones is 1. The van der Waals surface area contributed by atoms with E-state index in [9.17, 15) is 4.79 Å². The summed E-state index contributed by atoms with van der Waals surface area (Å²) in [6.45, 7) is 9.48. The van der Waals surface area contributed by atoms with Gasteiger partial charge in [0.1, 0.15) is 6.10 Å². The molecule has 4 aromatic rings. The van der Waals surface area contributed by atoms with Gasteiger partial charge in [0, 0.05) is 35.6 Å². The second-order valence-corrected chi connectivity index (χ2v) is 10.4. The lowest BCUT2D eigenvalue weighted by atomic mass is 9.90. The zero-order valence-electron chi connectivity index (χ0n) is 19.1. The van der Waals surface area contributed by atoms with E-state index < -0.39 is 11.7 Å². The maximum Gasteiger partial charge on any atom is 0.168 e. The van der Waals surface area contributed by atoms with E-state index in [1.807, 2.05) is 75.8 Å². The molecule has 0 N–H and O–H groups in total. The lowest BCUT2D eigenvalue weighted by Gasteiger charge is -2.29. The van der Waals surface area contributed by atoms with Crippen molar-refractivity contribution in [2.45, 2.75) is 46.3 Å². The molecule has 0 bridgehead atoms. The first-order chi connectivity index (χ1) is 15.0. The normalized spacial score (nSPS) is 13.0. The molecule has 2 heterocycles. The van der Waals surface area contributed by atoms with Gasteiger partial charge in [-0.15, -0.1) is 11.3 Å². The fourth-order valence-electron chi connectivity index (χ4n) is 3.82. The number of nitrogens with zero attached hydrogens (tertiary/aromatic N) is 3. The highest BCUT2D eigenvalue weighted by Gasteiger charge is 2.30. The molecule has 0 aliphatic heterocycles. The van der Waals surface area contributed by atoms with Crippen molar-refractivity contribution in [3.8, 4) is 22.0 Å². The molecule has 2 aromatic carbocycles. The van der Waals surface area contributed by atoms with Gasteiger partial charge in [-0.25, -0.2) is 9.97 Å². The van der Waals surface area contributed by atoms with Gasteiger partial charge < -0.3 is 9.30 Å². The number of rotatable bonds is 5. The van der Waals surface area contributed by atoms with Crippen LogP contribution in [0.2, 0.25) is 5.02 Å². The zero-order chi connectivity index (χ0) is 23.2. The van der Waals surface area contributed by atoms with E-state index in [2.05, 4.69) is 4.98 Å². The summed E-state index contributed by atoms with van der Waals surface area (Å²) < 4.78 is 9.24. The highest BCUT2D eigenvalue weighted by Crippen LogP contribution is 2.44. The standard InChI is InChI=1S/C25H26ClN3O2S/c1-14-13-18-22(32-24(28-18)23-27-11-12-29(23)6)20(16-7-9-17(26)10-8-16)19(14)21(15(2)30)31-25(3,4)5/h7-13,21H,1-6H3/t21-/m1/s1. The summed E-state index contributed by atoms with van der Waals surface area (Å²) in [7, 11) is 1.95. The second kappa shape index (κ2) is 8.43. The SMILES string of the molecule is CC(=O)[C@@H](OC(C)(C)C)c1c(C)cc2nc(-c3nccn3C)sc2c1-c1ccc(Cl)cc1. The monoisotopic (exact) mass is 467 g/mol. The number of benzene rings is 2. The van der Waals surface area contributed by atoms with Crippen molar-refractivity contribution in [2.75, 3.05) is 0 Å². The third-order valence-electron chi connectivity index (χ3n) is 5.18. The molecule has 0 spiro atoms. The van der Waals surface area contributed by atoms with Gasteiger partial charge >= 0.3 is 0 Å². The van der Waals surface area contributed by atoms with Crippen LogP contribution in [-0.2, 0) is 16.6 Å². The van der Waals surface area contributed by atoms with E-state index in [1.54, 1.807) is 24.5 Å². The maximum absolute atomic E-state index is 12.8. The van der Waals surface area contributed by atoms with E-state index >= 15 is 0 Å². The Labute approximate surface area is 197 Å². The number of fused-ring (bicyclic) bond motifs is 1. The molecular formula is C25H26ClN3O2S. The Balaban J connectivity index is 2.05. The van der Waals surface area contributed by atoms with Crippen LogP contribution < -0.4 is 0 Å². The Bertz CT molecular complexity index is 1300. The summed E-state index contributed by atoms with van der Waals surface area (Å²) in [5.74, 6) is 0.771. The molecule has 4 rings (SSSR count). The number of ether oxygens (including phenoxy) is 1. The fourth-order valence-corrected chi connectivity index (χ4v) is 5.11. The highest BCUT2D eigenvalue weighted by molar-refractivity contribution is 7.22. The minimum Gasteiger partial charge on any atom is -0.360 e. The average Bonchev–Trinajstić information content (AvgIpc) is 3.30. The molecule has 0 aliphatic carbocycles. The number of aromatic nitrogens is 3. The second-order valence-electron chi connectivity index (χ2n) is 8.94. The maximum atomic E-state index is 12.8. The number of halogens is 1. The number of aryl methyl sites for hydroxylation is 2. The van der Waals surface area contributed by atoms with Crippen molar-refractivity contribution in [3.05, 3.63) is 58.9 Å². The zero-order valence-corrected chi connectivity index (χ0v) is 20.6. The summed E-state index contributed by atoms with van der Waals surface area (Å²) in [4.78, 5) is 22.2. The number of thiazole rings is 1. The molecular weight excluding hydrogens is 442 g/mol. The van der Waals surface area contributed by atoms with Crippen molar-refractivity contribution in [2.24, 2.45) is 7.05 Å².